The molecule has 0 radical (unpaired) electrons. The zero-order chi connectivity index (χ0) is 15.5. The van der Waals surface area contributed by atoms with Crippen LogP contribution in [0, 0.1) is 0 Å². The first-order valence-corrected chi connectivity index (χ1v) is 4.73. The number of carboxylic acids is 2. The summed E-state index contributed by atoms with van der Waals surface area (Å²) in [7, 11) is 0. The number of carbonyl (C=O) groups is 3. The molecule has 0 amide bonds. The van der Waals surface area contributed by atoms with Crippen LogP contribution in [0.25, 0.3) is 0 Å². The van der Waals surface area contributed by atoms with Crippen LogP contribution in [-0.2, 0) is 14.4 Å². The SMILES string of the molecule is C=O.C[C@@H](O)[C@H](N)C(=O)O.C[C@@H](O)[C@H](N)C(=O)O. The molecule has 0 aliphatic carbocycles. The van der Waals surface area contributed by atoms with E-state index < -0.39 is 36.2 Å². The molecule has 0 aliphatic heterocycles. The summed E-state index contributed by atoms with van der Waals surface area (Å²) in [4.78, 5) is 27.7. The first-order valence-electron chi connectivity index (χ1n) is 4.73. The van der Waals surface area contributed by atoms with E-state index in [0.29, 0.717) is 0 Å². The molecule has 0 aromatic carbocycles. The number of carboxylic acid groups (broad SMARTS) is 2. The topological polar surface area (TPSA) is 184 Å². The maximum atomic E-state index is 9.86. The van der Waals surface area contributed by atoms with Gasteiger partial charge in [-0.2, -0.15) is 0 Å². The molecule has 0 aliphatic rings. The average molecular weight is 268 g/mol. The van der Waals surface area contributed by atoms with Gasteiger partial charge in [-0.1, -0.05) is 0 Å². The van der Waals surface area contributed by atoms with Crippen molar-refractivity contribution >= 4 is 18.7 Å². The monoisotopic (exact) mass is 268 g/mol. The summed E-state index contributed by atoms with van der Waals surface area (Å²) in [6.07, 6.45) is -1.96. The molecule has 9 nitrogen and oxygen atoms in total. The third-order valence-corrected chi connectivity index (χ3v) is 1.61. The van der Waals surface area contributed by atoms with Gasteiger partial charge in [-0.15, -0.1) is 0 Å². The quantitative estimate of drug-likeness (QED) is 0.317. The molecule has 0 bridgehead atoms. The van der Waals surface area contributed by atoms with Gasteiger partial charge in [0.2, 0.25) is 0 Å². The highest BCUT2D eigenvalue weighted by Gasteiger charge is 2.16. The van der Waals surface area contributed by atoms with Crippen LogP contribution in [0.3, 0.4) is 0 Å². The van der Waals surface area contributed by atoms with Gasteiger partial charge >= 0.3 is 11.9 Å². The van der Waals surface area contributed by atoms with Gasteiger partial charge in [0, 0.05) is 0 Å². The van der Waals surface area contributed by atoms with E-state index in [0.717, 1.165) is 0 Å². The number of hydrogen-bond donors (Lipinski definition) is 6. The Kier molecular flexibility index (Phi) is 14.4. The maximum Gasteiger partial charge on any atom is 0.323 e. The minimum atomic E-state index is -1.18. The number of aliphatic hydroxyl groups is 2. The Morgan fingerprint density at radius 3 is 1.06 bits per heavy atom. The van der Waals surface area contributed by atoms with Crippen LogP contribution in [-0.4, -0.2) is 63.4 Å². The van der Waals surface area contributed by atoms with Crippen LogP contribution in [0.5, 0.6) is 0 Å². The summed E-state index contributed by atoms with van der Waals surface area (Å²) in [5.41, 5.74) is 9.82. The minimum absolute atomic E-state index is 0.979. The molecule has 0 unspecified atom stereocenters. The van der Waals surface area contributed by atoms with Crippen molar-refractivity contribution in [1.29, 1.82) is 0 Å². The summed E-state index contributed by atoms with van der Waals surface area (Å²) in [6.45, 7) is 4.66. The van der Waals surface area contributed by atoms with E-state index in [1.165, 1.54) is 13.8 Å². The van der Waals surface area contributed by atoms with Crippen LogP contribution >= 0.6 is 0 Å². The van der Waals surface area contributed by atoms with Crippen molar-refractivity contribution in [2.45, 2.75) is 38.1 Å². The largest absolute Gasteiger partial charge is 0.480 e. The van der Waals surface area contributed by atoms with Gasteiger partial charge in [0.05, 0.1) is 12.2 Å². The molecule has 4 atom stereocenters. The molecule has 108 valence electrons. The molecule has 18 heavy (non-hydrogen) atoms. The third-order valence-electron chi connectivity index (χ3n) is 1.61. The second-order valence-corrected chi connectivity index (χ2v) is 3.21. The number of hydrogen-bond acceptors (Lipinski definition) is 7. The normalized spacial score (nSPS) is 15.7. The first kappa shape index (κ1) is 21.7. The van der Waals surface area contributed by atoms with E-state index >= 15 is 0 Å². The van der Waals surface area contributed by atoms with Gasteiger partial charge in [0.1, 0.15) is 18.9 Å². The predicted molar refractivity (Wildman–Crippen MR) is 61.7 cm³/mol. The van der Waals surface area contributed by atoms with Crippen LogP contribution in [0.2, 0.25) is 0 Å². The molecule has 9 heteroatoms. The van der Waals surface area contributed by atoms with E-state index in [2.05, 4.69) is 0 Å². The van der Waals surface area contributed by atoms with Crippen molar-refractivity contribution in [1.82, 2.24) is 0 Å². The van der Waals surface area contributed by atoms with Crippen molar-refractivity contribution in [2.24, 2.45) is 11.5 Å². The van der Waals surface area contributed by atoms with Crippen molar-refractivity contribution in [3.63, 3.8) is 0 Å². The minimum Gasteiger partial charge on any atom is -0.480 e. The fraction of sp³-hybridized carbons (Fsp3) is 0.667. The standard InChI is InChI=1S/2C4H9NO3.CH2O/c2*1-2(6)3(5)4(7)8;1-2/h2*2-3,6H,5H2,1H3,(H,7,8);1H2/t2*2-,3+;/m11./s1. The second-order valence-electron chi connectivity index (χ2n) is 3.21. The lowest BCUT2D eigenvalue weighted by Crippen LogP contribution is -2.39. The van der Waals surface area contributed by atoms with E-state index in [1.807, 2.05) is 6.79 Å². The molecule has 0 aromatic rings. The summed E-state index contributed by atoms with van der Waals surface area (Å²) < 4.78 is 0. The molecule has 8 N–H and O–H groups in total. The van der Waals surface area contributed by atoms with Gasteiger partial charge in [-0.05, 0) is 13.8 Å². The van der Waals surface area contributed by atoms with Crippen molar-refractivity contribution in [2.75, 3.05) is 0 Å². The van der Waals surface area contributed by atoms with Gasteiger partial charge in [0.15, 0.2) is 0 Å². The Labute approximate surface area is 104 Å². The van der Waals surface area contributed by atoms with Crippen molar-refractivity contribution in [3.8, 4) is 0 Å². The first-order chi connectivity index (χ1) is 8.11. The highest BCUT2D eigenvalue weighted by Crippen LogP contribution is 1.86. The summed E-state index contributed by atoms with van der Waals surface area (Å²) in [5, 5.41) is 33.1. The zero-order valence-electron chi connectivity index (χ0n) is 10.2. The second kappa shape index (κ2) is 11.9. The van der Waals surface area contributed by atoms with Crippen molar-refractivity contribution in [3.05, 3.63) is 0 Å². The Hall–Kier alpha value is -1.55. The molecule has 0 saturated heterocycles. The third kappa shape index (κ3) is 12.5. The van der Waals surface area contributed by atoms with Crippen molar-refractivity contribution < 1.29 is 34.8 Å². The van der Waals surface area contributed by atoms with Crippen LogP contribution < -0.4 is 11.5 Å². The Balaban J connectivity index is -0.000000219. The maximum absolute atomic E-state index is 9.86. The van der Waals surface area contributed by atoms with E-state index in [-0.39, 0.29) is 0 Å². The predicted octanol–water partition coefficient (Wildman–Crippen LogP) is -2.63. The lowest BCUT2D eigenvalue weighted by molar-refractivity contribution is -0.141. The zero-order valence-corrected chi connectivity index (χ0v) is 10.2. The number of rotatable bonds is 4. The number of carbonyl (C=O) groups excluding carboxylic acids is 1. The number of aliphatic hydroxyl groups excluding tert-OH is 2. The highest BCUT2D eigenvalue weighted by atomic mass is 16.4. The number of aliphatic carboxylic acids is 2. The molecule has 0 fully saturated rings. The molecule has 0 heterocycles. The summed E-state index contributed by atoms with van der Waals surface area (Å²) in [6, 6.07) is -2.31. The lowest BCUT2D eigenvalue weighted by Gasteiger charge is -2.07. The highest BCUT2D eigenvalue weighted by molar-refractivity contribution is 5.74. The average Bonchev–Trinajstić information content (AvgIpc) is 2.29. The molecule has 0 rings (SSSR count). The van der Waals surface area contributed by atoms with Gasteiger partial charge in [-0.25, -0.2) is 0 Å². The van der Waals surface area contributed by atoms with E-state index in [1.54, 1.807) is 0 Å². The number of nitrogens with two attached hydrogens (primary N) is 2. The van der Waals surface area contributed by atoms with Gasteiger partial charge < -0.3 is 36.7 Å². The van der Waals surface area contributed by atoms with Crippen LogP contribution in [0.4, 0.5) is 0 Å². The fourth-order valence-electron chi connectivity index (χ4n) is 0.413. The van der Waals surface area contributed by atoms with E-state index in [4.69, 9.17) is 36.7 Å². The molecule has 0 spiro atoms. The van der Waals surface area contributed by atoms with Crippen LogP contribution in [0.15, 0.2) is 0 Å². The molecular formula is C9H20N2O7. The Morgan fingerprint density at radius 2 is 1.06 bits per heavy atom. The molecule has 0 saturated carbocycles. The lowest BCUT2D eigenvalue weighted by atomic mass is 10.2. The molecule has 0 aromatic heterocycles. The molecular weight excluding hydrogens is 248 g/mol. The Morgan fingerprint density at radius 1 is 0.889 bits per heavy atom. The van der Waals surface area contributed by atoms with Crippen LogP contribution in [0.1, 0.15) is 13.8 Å². The Bertz CT molecular complexity index is 221. The summed E-state index contributed by atoms with van der Waals surface area (Å²) >= 11 is 0. The fourth-order valence-corrected chi connectivity index (χ4v) is 0.413. The van der Waals surface area contributed by atoms with E-state index in [9.17, 15) is 9.59 Å². The smallest absolute Gasteiger partial charge is 0.323 e. The van der Waals surface area contributed by atoms with Gasteiger partial charge in [0.25, 0.3) is 0 Å². The van der Waals surface area contributed by atoms with Gasteiger partial charge in [-0.3, -0.25) is 9.59 Å². The summed E-state index contributed by atoms with van der Waals surface area (Å²) in [5.74, 6) is -2.36.